The highest BCUT2D eigenvalue weighted by molar-refractivity contribution is 6.04. The number of ether oxygens (including phenoxy) is 2. The molecule has 0 atom stereocenters. The Morgan fingerprint density at radius 2 is 1.56 bits per heavy atom. The second-order valence-electron chi connectivity index (χ2n) is 6.20. The smallest absolute Gasteiger partial charge is 0.231 e. The van der Waals surface area contributed by atoms with Crippen LogP contribution in [0.4, 0.5) is 5.69 Å². The lowest BCUT2D eigenvalue weighted by Crippen LogP contribution is -2.16. The van der Waals surface area contributed by atoms with Crippen LogP contribution in [0, 0.1) is 0 Å². The molecule has 0 aliphatic heterocycles. The molecule has 0 saturated heterocycles. The zero-order valence-electron chi connectivity index (χ0n) is 15.7. The van der Waals surface area contributed by atoms with Gasteiger partial charge in [-0.1, -0.05) is 45.4 Å². The number of anilines is 1. The first-order chi connectivity index (χ1) is 12.1. The molecule has 1 N–H and O–H groups in total. The summed E-state index contributed by atoms with van der Waals surface area (Å²) < 4.78 is 10.4. The van der Waals surface area contributed by atoms with Crippen LogP contribution in [0.2, 0.25) is 0 Å². The molecule has 0 heterocycles. The SMILES string of the molecule is CCCCCCCCCC(=O)CC(=O)Nc1ccc(OC)c(OC)c1. The maximum absolute atomic E-state index is 12.0. The van der Waals surface area contributed by atoms with E-state index in [0.29, 0.717) is 23.6 Å². The number of unbranched alkanes of at least 4 members (excludes halogenated alkanes) is 6. The van der Waals surface area contributed by atoms with Gasteiger partial charge in [0.2, 0.25) is 5.91 Å². The molecule has 0 aliphatic carbocycles. The van der Waals surface area contributed by atoms with E-state index < -0.39 is 0 Å². The third kappa shape index (κ3) is 8.57. The molecule has 140 valence electrons. The molecule has 25 heavy (non-hydrogen) atoms. The highest BCUT2D eigenvalue weighted by Crippen LogP contribution is 2.29. The van der Waals surface area contributed by atoms with Crippen LogP contribution in [0.15, 0.2) is 18.2 Å². The first-order valence-corrected chi connectivity index (χ1v) is 9.14. The van der Waals surface area contributed by atoms with E-state index in [2.05, 4.69) is 12.2 Å². The Balaban J connectivity index is 2.28. The van der Waals surface area contributed by atoms with Crippen LogP contribution < -0.4 is 14.8 Å². The van der Waals surface area contributed by atoms with E-state index in [0.717, 1.165) is 12.8 Å². The number of hydrogen-bond acceptors (Lipinski definition) is 4. The first kappa shape index (κ1) is 21.0. The molecular weight excluding hydrogens is 318 g/mol. The van der Waals surface area contributed by atoms with Gasteiger partial charge in [-0.15, -0.1) is 0 Å². The second-order valence-corrected chi connectivity index (χ2v) is 6.20. The minimum atomic E-state index is -0.292. The zero-order chi connectivity index (χ0) is 18.5. The summed E-state index contributed by atoms with van der Waals surface area (Å²) in [6, 6.07) is 5.12. The Kier molecular flexibility index (Phi) is 10.4. The number of carbonyl (C=O) groups excluding carboxylic acids is 2. The van der Waals surface area contributed by atoms with E-state index in [-0.39, 0.29) is 18.1 Å². The summed E-state index contributed by atoms with van der Waals surface area (Å²) in [7, 11) is 3.09. The maximum atomic E-state index is 12.0. The summed E-state index contributed by atoms with van der Waals surface area (Å²) in [4.78, 5) is 23.9. The van der Waals surface area contributed by atoms with Crippen LogP contribution in [-0.4, -0.2) is 25.9 Å². The fourth-order valence-corrected chi connectivity index (χ4v) is 2.67. The van der Waals surface area contributed by atoms with E-state index >= 15 is 0 Å². The van der Waals surface area contributed by atoms with Crippen molar-refractivity contribution >= 4 is 17.4 Å². The lowest BCUT2D eigenvalue weighted by atomic mass is 10.1. The van der Waals surface area contributed by atoms with Crippen LogP contribution in [-0.2, 0) is 9.59 Å². The summed E-state index contributed by atoms with van der Waals surface area (Å²) in [5.74, 6) is 0.830. The Bertz CT molecular complexity index is 542. The predicted octanol–water partition coefficient (Wildman–Crippen LogP) is 4.74. The van der Waals surface area contributed by atoms with Crippen molar-refractivity contribution in [1.29, 1.82) is 0 Å². The third-order valence-corrected chi connectivity index (χ3v) is 4.08. The van der Waals surface area contributed by atoms with E-state index in [4.69, 9.17) is 9.47 Å². The number of rotatable bonds is 13. The van der Waals surface area contributed by atoms with Crippen LogP contribution in [0.1, 0.15) is 64.7 Å². The van der Waals surface area contributed by atoms with Gasteiger partial charge in [0.15, 0.2) is 11.5 Å². The fourth-order valence-electron chi connectivity index (χ4n) is 2.67. The lowest BCUT2D eigenvalue weighted by molar-refractivity contribution is -0.125. The number of carbonyl (C=O) groups is 2. The molecule has 0 saturated carbocycles. The van der Waals surface area contributed by atoms with E-state index in [9.17, 15) is 9.59 Å². The molecule has 0 aliphatic rings. The van der Waals surface area contributed by atoms with Gasteiger partial charge in [0.25, 0.3) is 0 Å². The van der Waals surface area contributed by atoms with Gasteiger partial charge in [0.05, 0.1) is 20.6 Å². The number of Topliss-reactive ketones (excluding diaryl/α,β-unsaturated/α-hetero) is 1. The number of benzene rings is 1. The highest BCUT2D eigenvalue weighted by Gasteiger charge is 2.11. The van der Waals surface area contributed by atoms with Crippen molar-refractivity contribution in [2.75, 3.05) is 19.5 Å². The lowest BCUT2D eigenvalue weighted by Gasteiger charge is -2.10. The largest absolute Gasteiger partial charge is 0.493 e. The standard InChI is InChI=1S/C20H31NO4/c1-4-5-6-7-8-9-10-11-17(22)15-20(23)21-16-12-13-18(24-2)19(14-16)25-3/h12-14H,4-11,15H2,1-3H3,(H,21,23). The van der Waals surface area contributed by atoms with Gasteiger partial charge in [-0.05, 0) is 18.6 Å². The van der Waals surface area contributed by atoms with Gasteiger partial charge < -0.3 is 14.8 Å². The molecule has 0 bridgehead atoms. The van der Waals surface area contributed by atoms with Crippen LogP contribution in [0.3, 0.4) is 0 Å². The molecule has 0 unspecified atom stereocenters. The minimum absolute atomic E-state index is 0.00784. The number of ketones is 1. The zero-order valence-corrected chi connectivity index (χ0v) is 15.7. The average molecular weight is 349 g/mol. The summed E-state index contributed by atoms with van der Waals surface area (Å²) in [6.45, 7) is 2.20. The predicted molar refractivity (Wildman–Crippen MR) is 100 cm³/mol. The van der Waals surface area contributed by atoms with E-state index in [1.54, 1.807) is 25.3 Å². The quantitative estimate of drug-likeness (QED) is 0.412. The number of methoxy groups -OCH3 is 2. The molecule has 0 radical (unpaired) electrons. The highest BCUT2D eigenvalue weighted by atomic mass is 16.5. The van der Waals surface area contributed by atoms with Crippen molar-refractivity contribution in [2.24, 2.45) is 0 Å². The minimum Gasteiger partial charge on any atom is -0.493 e. The van der Waals surface area contributed by atoms with E-state index in [1.165, 1.54) is 39.2 Å². The van der Waals surface area contributed by atoms with Crippen LogP contribution in [0.5, 0.6) is 11.5 Å². The molecular formula is C20H31NO4. The molecule has 1 aromatic carbocycles. The molecule has 0 spiro atoms. The Labute approximate surface area is 151 Å². The van der Waals surface area contributed by atoms with Crippen molar-refractivity contribution in [3.8, 4) is 11.5 Å². The molecule has 1 amide bonds. The van der Waals surface area contributed by atoms with Gasteiger partial charge in [-0.25, -0.2) is 0 Å². The van der Waals surface area contributed by atoms with Gasteiger partial charge in [-0.2, -0.15) is 0 Å². The average Bonchev–Trinajstić information content (AvgIpc) is 2.60. The van der Waals surface area contributed by atoms with Crippen molar-refractivity contribution < 1.29 is 19.1 Å². The third-order valence-electron chi connectivity index (χ3n) is 4.08. The topological polar surface area (TPSA) is 64.6 Å². The molecule has 5 nitrogen and oxygen atoms in total. The molecule has 1 rings (SSSR count). The van der Waals surface area contributed by atoms with Gasteiger partial charge in [0.1, 0.15) is 5.78 Å². The van der Waals surface area contributed by atoms with E-state index in [1.807, 2.05) is 0 Å². The molecule has 0 fully saturated rings. The van der Waals surface area contributed by atoms with Crippen molar-refractivity contribution in [3.63, 3.8) is 0 Å². The second kappa shape index (κ2) is 12.3. The van der Waals surface area contributed by atoms with Crippen LogP contribution in [0.25, 0.3) is 0 Å². The van der Waals surface area contributed by atoms with Gasteiger partial charge >= 0.3 is 0 Å². The Hall–Kier alpha value is -2.04. The van der Waals surface area contributed by atoms with Crippen molar-refractivity contribution in [1.82, 2.24) is 0 Å². The molecule has 0 aromatic heterocycles. The Morgan fingerprint density at radius 3 is 2.20 bits per heavy atom. The summed E-state index contributed by atoms with van der Waals surface area (Å²) in [6.07, 6.45) is 8.55. The first-order valence-electron chi connectivity index (χ1n) is 9.14. The fraction of sp³-hybridized carbons (Fsp3) is 0.600. The number of hydrogen-bond donors (Lipinski definition) is 1. The normalized spacial score (nSPS) is 10.4. The number of nitrogens with one attached hydrogen (secondary N) is 1. The van der Waals surface area contributed by atoms with Crippen molar-refractivity contribution in [3.05, 3.63) is 18.2 Å². The monoisotopic (exact) mass is 349 g/mol. The van der Waals surface area contributed by atoms with Crippen molar-refractivity contribution in [2.45, 2.75) is 64.7 Å². The van der Waals surface area contributed by atoms with Crippen LogP contribution >= 0.6 is 0 Å². The number of amides is 1. The summed E-state index contributed by atoms with van der Waals surface area (Å²) in [5.41, 5.74) is 0.589. The summed E-state index contributed by atoms with van der Waals surface area (Å²) >= 11 is 0. The van der Waals surface area contributed by atoms with Gasteiger partial charge in [0, 0.05) is 18.2 Å². The van der Waals surface area contributed by atoms with Gasteiger partial charge in [-0.3, -0.25) is 9.59 Å². The molecule has 1 aromatic rings. The Morgan fingerprint density at radius 1 is 0.920 bits per heavy atom. The molecule has 5 heteroatoms. The maximum Gasteiger partial charge on any atom is 0.231 e. The summed E-state index contributed by atoms with van der Waals surface area (Å²) in [5, 5.41) is 2.73.